The molecule has 0 aromatic heterocycles. The van der Waals surface area contributed by atoms with Gasteiger partial charge in [-0.3, -0.25) is 0 Å². The smallest absolute Gasteiger partial charge is 0.321 e. The maximum Gasteiger partial charge on any atom is 0.322 e. The predicted molar refractivity (Wildman–Crippen MR) is 120 cm³/mol. The Balaban J connectivity index is 2.10. The lowest BCUT2D eigenvalue weighted by atomic mass is 10.1. The third kappa shape index (κ3) is 5.82. The molecule has 2 aromatic carbocycles. The predicted octanol–water partition coefficient (Wildman–Crippen LogP) is 2.59. The van der Waals surface area contributed by atoms with Crippen molar-refractivity contribution in [2.75, 3.05) is 19.4 Å². The summed E-state index contributed by atoms with van der Waals surface area (Å²) in [5.74, 6) is 0. The molecule has 0 saturated heterocycles. The number of hydrogen-bond donors (Lipinski definition) is 2. The van der Waals surface area contributed by atoms with Crippen molar-refractivity contribution in [3.8, 4) is 0 Å². The van der Waals surface area contributed by atoms with E-state index in [2.05, 4.69) is 5.32 Å². The lowest BCUT2D eigenvalue weighted by Crippen LogP contribution is -2.34. The summed E-state index contributed by atoms with van der Waals surface area (Å²) in [6.45, 7) is 5.36. The third-order valence-corrected chi connectivity index (χ3v) is 8.08. The SMILES string of the molecule is CC(c1ccc(S(N)(=O)=O)cc1)N(C)C(=O)Nc1ccc(S(=O)(=O)N(C)C(C)C)cc1. The van der Waals surface area contributed by atoms with E-state index in [1.165, 1.54) is 52.7 Å². The van der Waals surface area contributed by atoms with Gasteiger partial charge in [-0.05, 0) is 62.7 Å². The highest BCUT2D eigenvalue weighted by Gasteiger charge is 2.23. The number of carbonyl (C=O) groups is 1. The lowest BCUT2D eigenvalue weighted by molar-refractivity contribution is 0.208. The molecule has 0 fully saturated rings. The van der Waals surface area contributed by atoms with Crippen LogP contribution in [0.5, 0.6) is 0 Å². The summed E-state index contributed by atoms with van der Waals surface area (Å²) in [4.78, 5) is 14.2. The van der Waals surface area contributed by atoms with Crippen LogP contribution in [-0.2, 0) is 20.0 Å². The number of sulfonamides is 2. The molecular weight excluding hydrogens is 440 g/mol. The standard InChI is InChI=1S/C20H28N4O5S2/c1-14(2)24(5)31(28,29)19-12-8-17(9-13-19)22-20(25)23(4)15(3)16-6-10-18(11-7-16)30(21,26)27/h6-15H,1-5H3,(H,22,25)(H2,21,26,27). The second-order valence-electron chi connectivity index (χ2n) is 7.47. The maximum absolute atomic E-state index is 12.6. The van der Waals surface area contributed by atoms with Gasteiger partial charge in [-0.25, -0.2) is 26.8 Å². The van der Waals surface area contributed by atoms with Gasteiger partial charge in [-0.15, -0.1) is 0 Å². The fourth-order valence-electron chi connectivity index (χ4n) is 2.70. The number of carbonyl (C=O) groups excluding carboxylic acids is 1. The van der Waals surface area contributed by atoms with Crippen molar-refractivity contribution in [3.63, 3.8) is 0 Å². The first-order valence-corrected chi connectivity index (χ1v) is 12.5. The van der Waals surface area contributed by atoms with E-state index in [1.54, 1.807) is 40.0 Å². The van der Waals surface area contributed by atoms with E-state index in [-0.39, 0.29) is 21.9 Å². The van der Waals surface area contributed by atoms with Gasteiger partial charge >= 0.3 is 6.03 Å². The molecule has 0 bridgehead atoms. The molecule has 0 radical (unpaired) electrons. The summed E-state index contributed by atoms with van der Waals surface area (Å²) in [6.07, 6.45) is 0. The van der Waals surface area contributed by atoms with Crippen LogP contribution in [0.25, 0.3) is 0 Å². The van der Waals surface area contributed by atoms with E-state index in [9.17, 15) is 21.6 Å². The van der Waals surface area contributed by atoms with Crippen LogP contribution in [0.15, 0.2) is 58.3 Å². The van der Waals surface area contributed by atoms with Crippen molar-refractivity contribution in [2.24, 2.45) is 5.14 Å². The molecule has 0 spiro atoms. The normalized spacial score (nSPS) is 13.3. The molecule has 2 rings (SSSR count). The second-order valence-corrected chi connectivity index (χ2v) is 11.0. The molecular formula is C20H28N4O5S2. The number of urea groups is 1. The number of hydrogen-bond acceptors (Lipinski definition) is 5. The zero-order chi connectivity index (χ0) is 23.6. The van der Waals surface area contributed by atoms with Crippen molar-refractivity contribution < 1.29 is 21.6 Å². The average molecular weight is 469 g/mol. The molecule has 2 aromatic rings. The summed E-state index contributed by atoms with van der Waals surface area (Å²) < 4.78 is 49.1. The van der Waals surface area contributed by atoms with E-state index in [0.717, 1.165) is 5.56 Å². The number of amides is 2. The number of nitrogens with zero attached hydrogens (tertiary/aromatic N) is 2. The van der Waals surface area contributed by atoms with Crippen molar-refractivity contribution in [3.05, 3.63) is 54.1 Å². The van der Waals surface area contributed by atoms with E-state index < -0.39 is 26.1 Å². The Morgan fingerprint density at radius 2 is 1.35 bits per heavy atom. The van der Waals surface area contributed by atoms with E-state index in [1.807, 2.05) is 0 Å². The Kier molecular flexibility index (Phi) is 7.48. The van der Waals surface area contributed by atoms with E-state index in [4.69, 9.17) is 5.14 Å². The number of nitrogens with two attached hydrogens (primary N) is 1. The fraction of sp³-hybridized carbons (Fsp3) is 0.350. The Morgan fingerprint density at radius 3 is 1.81 bits per heavy atom. The van der Waals surface area contributed by atoms with Gasteiger partial charge in [0.1, 0.15) is 0 Å². The van der Waals surface area contributed by atoms with Crippen LogP contribution in [0.4, 0.5) is 10.5 Å². The first-order valence-electron chi connectivity index (χ1n) is 9.50. The van der Waals surface area contributed by atoms with Gasteiger partial charge in [0.25, 0.3) is 0 Å². The number of anilines is 1. The second kappa shape index (κ2) is 9.35. The van der Waals surface area contributed by atoms with Gasteiger partial charge in [0.2, 0.25) is 20.0 Å². The van der Waals surface area contributed by atoms with E-state index in [0.29, 0.717) is 5.69 Å². The summed E-state index contributed by atoms with van der Waals surface area (Å²) >= 11 is 0. The van der Waals surface area contributed by atoms with Gasteiger partial charge in [0, 0.05) is 25.8 Å². The quantitative estimate of drug-likeness (QED) is 0.645. The van der Waals surface area contributed by atoms with Gasteiger partial charge in [-0.1, -0.05) is 12.1 Å². The molecule has 9 nitrogen and oxygen atoms in total. The Bertz CT molecular complexity index is 1130. The third-order valence-electron chi connectivity index (χ3n) is 5.10. The topological polar surface area (TPSA) is 130 Å². The monoisotopic (exact) mass is 468 g/mol. The zero-order valence-electron chi connectivity index (χ0n) is 18.1. The molecule has 1 atom stereocenters. The highest BCUT2D eigenvalue weighted by atomic mass is 32.2. The fourth-order valence-corrected chi connectivity index (χ4v) is 4.58. The van der Waals surface area contributed by atoms with Gasteiger partial charge in [0.05, 0.1) is 15.8 Å². The number of benzene rings is 2. The first-order chi connectivity index (χ1) is 14.2. The molecule has 11 heteroatoms. The van der Waals surface area contributed by atoms with Crippen LogP contribution < -0.4 is 10.5 Å². The molecule has 1 unspecified atom stereocenters. The first kappa shape index (κ1) is 24.8. The molecule has 31 heavy (non-hydrogen) atoms. The number of primary sulfonamides is 1. The molecule has 0 aliphatic heterocycles. The minimum Gasteiger partial charge on any atom is -0.321 e. The summed E-state index contributed by atoms with van der Waals surface area (Å²) in [6, 6.07) is 11.0. The van der Waals surface area contributed by atoms with Crippen molar-refractivity contribution in [2.45, 2.75) is 42.6 Å². The van der Waals surface area contributed by atoms with Crippen LogP contribution in [0.3, 0.4) is 0 Å². The average Bonchev–Trinajstić information content (AvgIpc) is 2.71. The summed E-state index contributed by atoms with van der Waals surface area (Å²) in [5.41, 5.74) is 1.17. The van der Waals surface area contributed by atoms with Crippen LogP contribution in [-0.4, -0.2) is 52.2 Å². The minimum absolute atomic E-state index is 0.00583. The molecule has 0 aliphatic carbocycles. The van der Waals surface area contributed by atoms with Crippen LogP contribution in [0.2, 0.25) is 0 Å². The molecule has 0 heterocycles. The van der Waals surface area contributed by atoms with E-state index >= 15 is 0 Å². The molecule has 0 saturated carbocycles. The van der Waals surface area contributed by atoms with Crippen LogP contribution in [0, 0.1) is 0 Å². The van der Waals surface area contributed by atoms with Gasteiger partial charge < -0.3 is 10.2 Å². The Morgan fingerprint density at radius 1 is 0.871 bits per heavy atom. The van der Waals surface area contributed by atoms with Gasteiger partial charge in [0.15, 0.2) is 0 Å². The molecule has 170 valence electrons. The Labute approximate surface area is 184 Å². The van der Waals surface area contributed by atoms with Gasteiger partial charge in [-0.2, -0.15) is 4.31 Å². The highest BCUT2D eigenvalue weighted by Crippen LogP contribution is 2.23. The molecule has 3 N–H and O–H groups in total. The lowest BCUT2D eigenvalue weighted by Gasteiger charge is -2.26. The highest BCUT2D eigenvalue weighted by molar-refractivity contribution is 7.89. The molecule has 2 amide bonds. The van der Waals surface area contributed by atoms with Crippen LogP contribution in [0.1, 0.15) is 32.4 Å². The largest absolute Gasteiger partial charge is 0.322 e. The van der Waals surface area contributed by atoms with Crippen LogP contribution >= 0.6 is 0 Å². The summed E-state index contributed by atoms with van der Waals surface area (Å²) in [7, 11) is -4.27. The number of nitrogens with one attached hydrogen (secondary N) is 1. The van der Waals surface area contributed by atoms with Crippen molar-refractivity contribution in [1.82, 2.24) is 9.21 Å². The molecule has 0 aliphatic rings. The van der Waals surface area contributed by atoms with Crippen molar-refractivity contribution in [1.29, 1.82) is 0 Å². The van der Waals surface area contributed by atoms with Crippen molar-refractivity contribution >= 4 is 31.8 Å². The Hall–Kier alpha value is -2.47. The summed E-state index contributed by atoms with van der Waals surface area (Å²) in [5, 5.41) is 7.82. The number of rotatable bonds is 7. The zero-order valence-corrected chi connectivity index (χ0v) is 19.7. The maximum atomic E-state index is 12.6. The minimum atomic E-state index is -3.79.